The Morgan fingerprint density at radius 3 is 3.17 bits per heavy atom. The Balaban J connectivity index is 1.86. The van der Waals surface area contributed by atoms with Crippen molar-refractivity contribution in [2.45, 2.75) is 25.3 Å². The summed E-state index contributed by atoms with van der Waals surface area (Å²) in [7, 11) is 0. The summed E-state index contributed by atoms with van der Waals surface area (Å²) in [4.78, 5) is 5.22. The molecule has 1 fully saturated rings. The van der Waals surface area contributed by atoms with Crippen molar-refractivity contribution in [2.24, 2.45) is 0 Å². The average Bonchev–Trinajstić information content (AvgIpc) is 2.77. The predicted molar refractivity (Wildman–Crippen MR) is 75.7 cm³/mol. The van der Waals surface area contributed by atoms with Gasteiger partial charge < -0.3 is 15.1 Å². The lowest BCUT2D eigenvalue weighted by Crippen LogP contribution is -2.48. The van der Waals surface area contributed by atoms with Gasteiger partial charge >= 0.3 is 0 Å². The lowest BCUT2D eigenvalue weighted by atomic mass is 9.90. The minimum atomic E-state index is 0.713. The van der Waals surface area contributed by atoms with Gasteiger partial charge in [-0.05, 0) is 31.5 Å². The third kappa shape index (κ3) is 1.28. The van der Waals surface area contributed by atoms with Crippen LogP contribution in [0.2, 0.25) is 0 Å². The molecule has 1 N–H and O–H groups in total. The fraction of sp³-hybridized carbons (Fsp3) is 0.600. The van der Waals surface area contributed by atoms with Crippen molar-refractivity contribution in [3.05, 3.63) is 23.8 Å². The number of hydrogen-bond acceptors (Lipinski definition) is 3. The molecule has 1 saturated heterocycles. The molecule has 0 amide bonds. The summed E-state index contributed by atoms with van der Waals surface area (Å²) in [6.45, 7) is 8.11. The molecule has 0 aliphatic carbocycles. The standard InChI is InChI=1S/C15H21N3/c1-2-17-8-9-18-13-6-7-16-10-12(13)11-4-3-5-14(17)15(11)18/h3-5,12-13,16H,2,6-10H2,1H3/t12-,13-/m0/s1. The first kappa shape index (κ1) is 10.7. The van der Waals surface area contributed by atoms with E-state index < -0.39 is 0 Å². The van der Waals surface area contributed by atoms with E-state index in [2.05, 4.69) is 40.2 Å². The molecule has 3 aliphatic heterocycles. The van der Waals surface area contributed by atoms with Gasteiger partial charge in [0, 0.05) is 38.1 Å². The van der Waals surface area contributed by atoms with E-state index in [9.17, 15) is 0 Å². The number of benzene rings is 1. The highest BCUT2D eigenvalue weighted by molar-refractivity contribution is 5.81. The molecule has 18 heavy (non-hydrogen) atoms. The summed E-state index contributed by atoms with van der Waals surface area (Å²) in [6, 6.07) is 7.65. The van der Waals surface area contributed by atoms with Gasteiger partial charge in [-0.2, -0.15) is 0 Å². The van der Waals surface area contributed by atoms with Crippen LogP contribution in [0.25, 0.3) is 0 Å². The maximum absolute atomic E-state index is 3.57. The van der Waals surface area contributed by atoms with Crippen molar-refractivity contribution in [3.8, 4) is 0 Å². The molecule has 0 spiro atoms. The molecule has 1 aromatic rings. The Morgan fingerprint density at radius 2 is 2.28 bits per heavy atom. The lowest BCUT2D eigenvalue weighted by Gasteiger charge is -2.40. The van der Waals surface area contributed by atoms with Gasteiger partial charge in [-0.25, -0.2) is 0 Å². The summed E-state index contributed by atoms with van der Waals surface area (Å²) in [5.74, 6) is 0.713. The normalized spacial score (nSPS) is 29.2. The Morgan fingerprint density at radius 1 is 1.33 bits per heavy atom. The van der Waals surface area contributed by atoms with Crippen molar-refractivity contribution in [1.29, 1.82) is 0 Å². The van der Waals surface area contributed by atoms with Gasteiger partial charge in [0.1, 0.15) is 0 Å². The zero-order chi connectivity index (χ0) is 12.1. The minimum absolute atomic E-state index is 0.713. The third-order valence-electron chi connectivity index (χ3n) is 4.91. The largest absolute Gasteiger partial charge is 0.368 e. The maximum atomic E-state index is 3.57. The first-order chi connectivity index (χ1) is 8.90. The Kier molecular flexibility index (Phi) is 2.31. The summed E-state index contributed by atoms with van der Waals surface area (Å²) < 4.78 is 0. The summed E-state index contributed by atoms with van der Waals surface area (Å²) >= 11 is 0. The van der Waals surface area contributed by atoms with E-state index in [0.29, 0.717) is 5.92 Å². The summed E-state index contributed by atoms with van der Waals surface area (Å²) in [6.07, 6.45) is 1.30. The maximum Gasteiger partial charge on any atom is 0.0644 e. The summed E-state index contributed by atoms with van der Waals surface area (Å²) in [5, 5.41) is 3.57. The van der Waals surface area contributed by atoms with Crippen LogP contribution in [-0.4, -0.2) is 38.8 Å². The molecule has 3 aliphatic rings. The fourth-order valence-corrected chi connectivity index (χ4v) is 4.07. The quantitative estimate of drug-likeness (QED) is 0.811. The monoisotopic (exact) mass is 243 g/mol. The van der Waals surface area contributed by atoms with E-state index >= 15 is 0 Å². The van der Waals surface area contributed by atoms with E-state index in [1.54, 1.807) is 11.3 Å². The van der Waals surface area contributed by atoms with Crippen LogP contribution < -0.4 is 15.1 Å². The van der Waals surface area contributed by atoms with Crippen LogP contribution in [0.1, 0.15) is 24.8 Å². The molecule has 96 valence electrons. The summed E-state index contributed by atoms with van der Waals surface area (Å²) in [5.41, 5.74) is 4.60. The van der Waals surface area contributed by atoms with Crippen molar-refractivity contribution in [1.82, 2.24) is 5.32 Å². The van der Waals surface area contributed by atoms with Crippen LogP contribution in [0.3, 0.4) is 0 Å². The van der Waals surface area contributed by atoms with Crippen molar-refractivity contribution >= 4 is 11.4 Å². The highest BCUT2D eigenvalue weighted by Crippen LogP contribution is 2.49. The van der Waals surface area contributed by atoms with Crippen molar-refractivity contribution in [3.63, 3.8) is 0 Å². The molecule has 0 radical (unpaired) electrons. The fourth-order valence-electron chi connectivity index (χ4n) is 4.07. The smallest absolute Gasteiger partial charge is 0.0644 e. The van der Waals surface area contributed by atoms with Gasteiger partial charge in [0.05, 0.1) is 11.4 Å². The second kappa shape index (κ2) is 3.89. The number of likely N-dealkylation sites (N-methyl/N-ethyl adjacent to an activating group) is 1. The van der Waals surface area contributed by atoms with Crippen LogP contribution in [-0.2, 0) is 0 Å². The van der Waals surface area contributed by atoms with Gasteiger partial charge in [-0.1, -0.05) is 12.1 Å². The van der Waals surface area contributed by atoms with Crippen molar-refractivity contribution in [2.75, 3.05) is 42.5 Å². The third-order valence-corrected chi connectivity index (χ3v) is 4.91. The Labute approximate surface area is 109 Å². The van der Waals surface area contributed by atoms with Crippen LogP contribution in [0, 0.1) is 0 Å². The molecule has 4 rings (SSSR count). The Hall–Kier alpha value is -1.22. The molecule has 1 aromatic carbocycles. The average molecular weight is 243 g/mol. The zero-order valence-electron chi connectivity index (χ0n) is 11.0. The van der Waals surface area contributed by atoms with E-state index in [0.717, 1.165) is 19.1 Å². The number of para-hydroxylation sites is 1. The van der Waals surface area contributed by atoms with E-state index in [1.165, 1.54) is 31.7 Å². The molecule has 2 atom stereocenters. The zero-order valence-corrected chi connectivity index (χ0v) is 11.0. The first-order valence-electron chi connectivity index (χ1n) is 7.25. The number of rotatable bonds is 1. The Bertz CT molecular complexity index is 471. The lowest BCUT2D eigenvalue weighted by molar-refractivity contribution is 0.402. The van der Waals surface area contributed by atoms with Crippen LogP contribution in [0.15, 0.2) is 18.2 Å². The SMILES string of the molecule is CCN1CCN2c3c(cccc31)[C@@H]1CNCC[C@@H]12. The topological polar surface area (TPSA) is 18.5 Å². The highest BCUT2D eigenvalue weighted by atomic mass is 15.3. The predicted octanol–water partition coefficient (Wildman–Crippen LogP) is 1.79. The molecule has 3 heteroatoms. The van der Waals surface area contributed by atoms with E-state index in [-0.39, 0.29) is 0 Å². The second-order valence-electron chi connectivity index (χ2n) is 5.65. The molecule has 0 saturated carbocycles. The molecular weight excluding hydrogens is 222 g/mol. The molecule has 3 nitrogen and oxygen atoms in total. The van der Waals surface area contributed by atoms with E-state index in [4.69, 9.17) is 0 Å². The number of hydrogen-bond donors (Lipinski definition) is 1. The van der Waals surface area contributed by atoms with Gasteiger partial charge in [-0.15, -0.1) is 0 Å². The molecule has 3 heterocycles. The van der Waals surface area contributed by atoms with Gasteiger partial charge in [-0.3, -0.25) is 0 Å². The van der Waals surface area contributed by atoms with Gasteiger partial charge in [0.2, 0.25) is 0 Å². The van der Waals surface area contributed by atoms with Crippen LogP contribution in [0.5, 0.6) is 0 Å². The first-order valence-corrected chi connectivity index (χ1v) is 7.25. The van der Waals surface area contributed by atoms with E-state index in [1.807, 2.05) is 0 Å². The minimum Gasteiger partial charge on any atom is -0.368 e. The van der Waals surface area contributed by atoms with Gasteiger partial charge in [0.25, 0.3) is 0 Å². The number of nitrogens with zero attached hydrogens (tertiary/aromatic N) is 2. The number of nitrogens with one attached hydrogen (secondary N) is 1. The molecule has 0 unspecified atom stereocenters. The highest BCUT2D eigenvalue weighted by Gasteiger charge is 2.42. The number of piperidine rings is 1. The number of anilines is 2. The van der Waals surface area contributed by atoms with Gasteiger partial charge in [0.15, 0.2) is 0 Å². The van der Waals surface area contributed by atoms with Crippen LogP contribution >= 0.6 is 0 Å². The molecule has 0 bridgehead atoms. The van der Waals surface area contributed by atoms with Crippen LogP contribution in [0.4, 0.5) is 11.4 Å². The molecule has 0 aromatic heterocycles. The number of fused-ring (bicyclic) bond motifs is 3. The molecular formula is C15H21N3. The second-order valence-corrected chi connectivity index (χ2v) is 5.65. The van der Waals surface area contributed by atoms with Crippen molar-refractivity contribution < 1.29 is 0 Å².